The molecule has 1 aromatic rings. The SMILES string of the molecule is C[C@H](NC(=O)[C@@H](CC(=O)c1cc[nH]c(=O)c1)C(C)(C)C)C(=O)O. The Morgan fingerprint density at radius 2 is 1.91 bits per heavy atom. The van der Waals surface area contributed by atoms with Crippen LogP contribution in [0.15, 0.2) is 23.1 Å². The second-order valence-electron chi connectivity index (χ2n) is 6.56. The molecule has 0 aliphatic carbocycles. The van der Waals surface area contributed by atoms with Gasteiger partial charge < -0.3 is 15.4 Å². The summed E-state index contributed by atoms with van der Waals surface area (Å²) in [5, 5.41) is 11.3. The van der Waals surface area contributed by atoms with E-state index < -0.39 is 34.8 Å². The van der Waals surface area contributed by atoms with E-state index in [-0.39, 0.29) is 17.8 Å². The lowest BCUT2D eigenvalue weighted by Crippen LogP contribution is -2.45. The maximum absolute atomic E-state index is 12.3. The third-order valence-corrected chi connectivity index (χ3v) is 3.58. The van der Waals surface area contributed by atoms with E-state index >= 15 is 0 Å². The highest BCUT2D eigenvalue weighted by Crippen LogP contribution is 2.30. The molecule has 1 aromatic heterocycles. The molecule has 1 rings (SSSR count). The predicted octanol–water partition coefficient (Wildman–Crippen LogP) is 1.20. The molecule has 0 spiro atoms. The van der Waals surface area contributed by atoms with Crippen LogP contribution in [0.3, 0.4) is 0 Å². The molecule has 0 unspecified atom stereocenters. The van der Waals surface area contributed by atoms with Crippen molar-refractivity contribution < 1.29 is 19.5 Å². The Kier molecular flexibility index (Phi) is 5.84. The van der Waals surface area contributed by atoms with Gasteiger partial charge in [-0.15, -0.1) is 0 Å². The van der Waals surface area contributed by atoms with Gasteiger partial charge in [0.15, 0.2) is 5.78 Å². The maximum atomic E-state index is 12.3. The number of Topliss-reactive ketones (excluding diaryl/α,β-unsaturated/α-hetero) is 1. The van der Waals surface area contributed by atoms with Crippen molar-refractivity contribution in [2.45, 2.75) is 40.2 Å². The fourth-order valence-electron chi connectivity index (χ4n) is 2.09. The number of aliphatic carboxylic acids is 1. The van der Waals surface area contributed by atoms with Gasteiger partial charge in [-0.1, -0.05) is 20.8 Å². The van der Waals surface area contributed by atoms with E-state index in [0.29, 0.717) is 0 Å². The summed E-state index contributed by atoms with van der Waals surface area (Å²) in [4.78, 5) is 49.2. The summed E-state index contributed by atoms with van der Waals surface area (Å²) in [5.74, 6) is -2.69. The Labute approximate surface area is 134 Å². The smallest absolute Gasteiger partial charge is 0.325 e. The predicted molar refractivity (Wildman–Crippen MR) is 84.2 cm³/mol. The van der Waals surface area contributed by atoms with Crippen molar-refractivity contribution in [3.05, 3.63) is 34.2 Å². The number of pyridine rings is 1. The summed E-state index contributed by atoms with van der Waals surface area (Å²) < 4.78 is 0. The van der Waals surface area contributed by atoms with Crippen molar-refractivity contribution >= 4 is 17.7 Å². The number of ketones is 1. The number of carboxylic acid groups (broad SMARTS) is 1. The first kappa shape index (κ1) is 18.6. The first-order valence-electron chi connectivity index (χ1n) is 7.27. The van der Waals surface area contributed by atoms with Gasteiger partial charge in [0.25, 0.3) is 0 Å². The number of carbonyl (C=O) groups is 3. The third kappa shape index (κ3) is 5.36. The fourth-order valence-corrected chi connectivity index (χ4v) is 2.09. The molecule has 7 nitrogen and oxygen atoms in total. The van der Waals surface area contributed by atoms with Crippen LogP contribution >= 0.6 is 0 Å². The molecule has 0 aromatic carbocycles. The van der Waals surface area contributed by atoms with Crippen molar-refractivity contribution in [1.82, 2.24) is 10.3 Å². The highest BCUT2D eigenvalue weighted by molar-refractivity contribution is 5.99. The minimum atomic E-state index is -1.15. The van der Waals surface area contributed by atoms with E-state index in [9.17, 15) is 19.2 Å². The quantitative estimate of drug-likeness (QED) is 0.680. The van der Waals surface area contributed by atoms with Gasteiger partial charge >= 0.3 is 5.97 Å². The van der Waals surface area contributed by atoms with Crippen LogP contribution in [0.5, 0.6) is 0 Å². The number of aromatic nitrogens is 1. The van der Waals surface area contributed by atoms with Gasteiger partial charge in [0, 0.05) is 24.2 Å². The number of carbonyl (C=O) groups excluding carboxylic acids is 2. The van der Waals surface area contributed by atoms with Gasteiger partial charge in [-0.3, -0.25) is 19.2 Å². The van der Waals surface area contributed by atoms with E-state index in [4.69, 9.17) is 5.11 Å². The highest BCUT2D eigenvalue weighted by atomic mass is 16.4. The number of hydrogen-bond donors (Lipinski definition) is 3. The number of H-pyrrole nitrogens is 1. The molecule has 126 valence electrons. The summed E-state index contributed by atoms with van der Waals surface area (Å²) in [6.07, 6.45) is 1.26. The first-order chi connectivity index (χ1) is 10.5. The lowest BCUT2D eigenvalue weighted by Gasteiger charge is -2.29. The molecular formula is C16H22N2O5. The average molecular weight is 322 g/mol. The van der Waals surface area contributed by atoms with Gasteiger partial charge in [0.05, 0.1) is 5.92 Å². The number of hydrogen-bond acceptors (Lipinski definition) is 4. The number of amides is 1. The summed E-state index contributed by atoms with van der Waals surface area (Å²) in [6.45, 7) is 6.76. The van der Waals surface area contributed by atoms with Crippen molar-refractivity contribution in [3.8, 4) is 0 Å². The Morgan fingerprint density at radius 3 is 2.39 bits per heavy atom. The third-order valence-electron chi connectivity index (χ3n) is 3.58. The highest BCUT2D eigenvalue weighted by Gasteiger charge is 2.34. The standard InChI is InChI=1S/C16H22N2O5/c1-9(15(22)23)18-14(21)11(16(2,3)4)8-12(19)10-5-6-17-13(20)7-10/h5-7,9,11H,8H2,1-4H3,(H,17,20)(H,18,21)(H,22,23)/t9-,11+/m0/s1. The van der Waals surface area contributed by atoms with Crippen molar-refractivity contribution in [2.24, 2.45) is 11.3 Å². The van der Waals surface area contributed by atoms with Crippen molar-refractivity contribution in [2.75, 3.05) is 0 Å². The minimum Gasteiger partial charge on any atom is -0.480 e. The summed E-state index contributed by atoms with van der Waals surface area (Å²) in [5.41, 5.74) is -0.715. The van der Waals surface area contributed by atoms with Gasteiger partial charge in [-0.25, -0.2) is 0 Å². The second kappa shape index (κ2) is 7.21. The molecule has 1 heterocycles. The summed E-state index contributed by atoms with van der Waals surface area (Å²) in [6, 6.07) is 1.61. The van der Waals surface area contributed by atoms with Crippen LogP contribution in [0.1, 0.15) is 44.5 Å². The van der Waals surface area contributed by atoms with E-state index in [1.807, 2.05) is 0 Å². The minimum absolute atomic E-state index is 0.106. The number of nitrogens with one attached hydrogen (secondary N) is 2. The molecule has 0 bridgehead atoms. The Balaban J connectivity index is 2.95. The van der Waals surface area contributed by atoms with Crippen molar-refractivity contribution in [1.29, 1.82) is 0 Å². The molecule has 0 fully saturated rings. The van der Waals surface area contributed by atoms with E-state index in [1.54, 1.807) is 20.8 Å². The molecule has 23 heavy (non-hydrogen) atoms. The molecule has 3 N–H and O–H groups in total. The summed E-state index contributed by atoms with van der Waals surface area (Å²) in [7, 11) is 0. The van der Waals surface area contributed by atoms with Crippen LogP contribution in [-0.2, 0) is 9.59 Å². The van der Waals surface area contributed by atoms with Gasteiger partial charge in [0.2, 0.25) is 11.5 Å². The normalized spacial score (nSPS) is 13.9. The number of rotatable bonds is 6. The first-order valence-corrected chi connectivity index (χ1v) is 7.27. The molecule has 0 aliphatic rings. The van der Waals surface area contributed by atoms with Crippen LogP contribution < -0.4 is 10.9 Å². The number of carboxylic acids is 1. The lowest BCUT2D eigenvalue weighted by molar-refractivity contribution is -0.142. The summed E-state index contributed by atoms with van der Waals surface area (Å²) >= 11 is 0. The Morgan fingerprint density at radius 1 is 1.30 bits per heavy atom. The van der Waals surface area contributed by atoms with Crippen LogP contribution in [-0.4, -0.2) is 33.8 Å². The molecule has 2 atom stereocenters. The van der Waals surface area contributed by atoms with Crippen LogP contribution in [0, 0.1) is 11.3 Å². The van der Waals surface area contributed by atoms with Gasteiger partial charge in [0.1, 0.15) is 6.04 Å². The largest absolute Gasteiger partial charge is 0.480 e. The molecule has 0 aliphatic heterocycles. The van der Waals surface area contributed by atoms with Crippen molar-refractivity contribution in [3.63, 3.8) is 0 Å². The maximum Gasteiger partial charge on any atom is 0.325 e. The zero-order valence-electron chi connectivity index (χ0n) is 13.7. The molecule has 0 radical (unpaired) electrons. The van der Waals surface area contributed by atoms with Gasteiger partial charge in [-0.2, -0.15) is 0 Å². The van der Waals surface area contributed by atoms with E-state index in [2.05, 4.69) is 10.3 Å². The second-order valence-corrected chi connectivity index (χ2v) is 6.56. The fraction of sp³-hybridized carbons (Fsp3) is 0.500. The molecule has 0 saturated carbocycles. The van der Waals surface area contributed by atoms with Crippen LogP contribution in [0.25, 0.3) is 0 Å². The zero-order valence-corrected chi connectivity index (χ0v) is 13.7. The lowest BCUT2D eigenvalue weighted by atomic mass is 9.76. The monoisotopic (exact) mass is 322 g/mol. The van der Waals surface area contributed by atoms with E-state index in [1.165, 1.54) is 25.3 Å². The molecule has 1 amide bonds. The van der Waals surface area contributed by atoms with Crippen LogP contribution in [0.2, 0.25) is 0 Å². The van der Waals surface area contributed by atoms with E-state index in [0.717, 1.165) is 0 Å². The molecule has 0 saturated heterocycles. The topological polar surface area (TPSA) is 116 Å². The van der Waals surface area contributed by atoms with Crippen LogP contribution in [0.4, 0.5) is 0 Å². The molecule has 7 heteroatoms. The van der Waals surface area contributed by atoms with Gasteiger partial charge in [-0.05, 0) is 18.4 Å². The number of aromatic amines is 1. The average Bonchev–Trinajstić information content (AvgIpc) is 2.42. The Hall–Kier alpha value is -2.44. The zero-order chi connectivity index (χ0) is 17.8. The Bertz CT molecular complexity index is 657. The molecular weight excluding hydrogens is 300 g/mol.